The van der Waals surface area contributed by atoms with Gasteiger partial charge in [0.25, 0.3) is 0 Å². The minimum Gasteiger partial charge on any atom is -0.455 e. The summed E-state index contributed by atoms with van der Waals surface area (Å²) in [5.41, 5.74) is 0.897. The number of halogens is 1. The number of fused-ring (bicyclic) bond motifs is 1. The summed E-state index contributed by atoms with van der Waals surface area (Å²) < 4.78 is 7.82. The summed E-state index contributed by atoms with van der Waals surface area (Å²) >= 11 is 5.00. The van der Waals surface area contributed by atoms with Gasteiger partial charge in [0.1, 0.15) is 11.3 Å². The van der Waals surface area contributed by atoms with E-state index in [1.54, 1.807) is 11.3 Å². The van der Waals surface area contributed by atoms with E-state index in [4.69, 9.17) is 4.74 Å². The predicted molar refractivity (Wildman–Crippen MR) is 73.8 cm³/mol. The highest BCUT2D eigenvalue weighted by molar-refractivity contribution is 9.11. The monoisotopic (exact) mass is 305 g/mol. The molecule has 1 heterocycles. The molecule has 2 aromatic carbocycles. The van der Waals surface area contributed by atoms with E-state index in [1.807, 2.05) is 48.5 Å². The van der Waals surface area contributed by atoms with Crippen LogP contribution < -0.4 is 4.74 Å². The summed E-state index contributed by atoms with van der Waals surface area (Å²) in [5, 5.41) is 0. The molecule has 0 unspecified atom stereocenters. The van der Waals surface area contributed by atoms with Crippen LogP contribution in [0.25, 0.3) is 10.2 Å². The first-order chi connectivity index (χ1) is 8.33. The Morgan fingerprint density at radius 2 is 1.82 bits per heavy atom. The number of aromatic nitrogens is 1. The number of thiazole rings is 1. The summed E-state index contributed by atoms with van der Waals surface area (Å²) in [4.78, 5) is 4.42. The van der Waals surface area contributed by atoms with Crippen molar-refractivity contribution in [3.8, 4) is 11.5 Å². The van der Waals surface area contributed by atoms with E-state index in [0.29, 0.717) is 0 Å². The molecule has 1 aromatic heterocycles. The third kappa shape index (κ3) is 2.18. The second-order valence-corrected chi connectivity index (χ2v) is 5.79. The minimum absolute atomic E-state index is 0.788. The lowest BCUT2D eigenvalue weighted by Gasteiger charge is -2.05. The van der Waals surface area contributed by atoms with E-state index in [9.17, 15) is 0 Å². The van der Waals surface area contributed by atoms with Crippen LogP contribution in [0.4, 0.5) is 0 Å². The van der Waals surface area contributed by atoms with Crippen molar-refractivity contribution in [2.75, 3.05) is 0 Å². The van der Waals surface area contributed by atoms with Crippen LogP contribution in [0.5, 0.6) is 11.5 Å². The highest BCUT2D eigenvalue weighted by atomic mass is 79.9. The maximum absolute atomic E-state index is 5.83. The molecule has 0 amide bonds. The average molecular weight is 306 g/mol. The molecule has 3 rings (SSSR count). The van der Waals surface area contributed by atoms with E-state index in [1.165, 1.54) is 0 Å². The molecule has 0 aliphatic heterocycles. The molecule has 0 bridgehead atoms. The third-order valence-corrected chi connectivity index (χ3v) is 3.80. The lowest BCUT2D eigenvalue weighted by molar-refractivity contribution is 0.487. The summed E-state index contributed by atoms with van der Waals surface area (Å²) in [6.07, 6.45) is 0. The van der Waals surface area contributed by atoms with Crippen molar-refractivity contribution >= 4 is 37.5 Å². The first kappa shape index (κ1) is 10.7. The molecule has 3 aromatic rings. The number of hydrogen-bond acceptors (Lipinski definition) is 3. The van der Waals surface area contributed by atoms with Crippen molar-refractivity contribution in [1.29, 1.82) is 0 Å². The van der Waals surface area contributed by atoms with Crippen LogP contribution in [0.15, 0.2) is 52.4 Å². The first-order valence-corrected chi connectivity index (χ1v) is 6.72. The number of benzene rings is 2. The Hall–Kier alpha value is -1.39. The van der Waals surface area contributed by atoms with Crippen molar-refractivity contribution in [3.05, 3.63) is 52.4 Å². The van der Waals surface area contributed by atoms with Gasteiger partial charge in [-0.3, -0.25) is 0 Å². The van der Waals surface area contributed by atoms with Gasteiger partial charge in [-0.1, -0.05) is 24.3 Å². The Labute approximate surface area is 111 Å². The van der Waals surface area contributed by atoms with Crippen molar-refractivity contribution in [2.45, 2.75) is 0 Å². The topological polar surface area (TPSA) is 22.1 Å². The van der Waals surface area contributed by atoms with Crippen LogP contribution in [0.2, 0.25) is 0 Å². The van der Waals surface area contributed by atoms with Gasteiger partial charge in [0, 0.05) is 0 Å². The fourth-order valence-corrected chi connectivity index (χ4v) is 3.00. The molecule has 0 spiro atoms. The molecule has 2 nitrogen and oxygen atoms in total. The molecule has 0 aliphatic carbocycles. The van der Waals surface area contributed by atoms with E-state index in [2.05, 4.69) is 20.9 Å². The quantitative estimate of drug-likeness (QED) is 0.675. The number of nitrogens with zero attached hydrogens (tertiary/aromatic N) is 1. The third-order valence-electron chi connectivity index (χ3n) is 2.33. The summed E-state index contributed by atoms with van der Waals surface area (Å²) in [6.45, 7) is 0. The normalized spacial score (nSPS) is 10.6. The maximum Gasteiger partial charge on any atom is 0.160 e. The summed E-state index contributed by atoms with van der Waals surface area (Å²) in [7, 11) is 0. The SMILES string of the molecule is Brc1nc2c(Oc3ccccc3)cccc2s1. The van der Waals surface area contributed by atoms with Crippen LogP contribution in [0, 0.1) is 0 Å². The maximum atomic E-state index is 5.83. The van der Waals surface area contributed by atoms with Crippen LogP contribution in [0.3, 0.4) is 0 Å². The zero-order valence-electron chi connectivity index (χ0n) is 8.76. The molecule has 84 valence electrons. The number of para-hydroxylation sites is 2. The van der Waals surface area contributed by atoms with Crippen LogP contribution >= 0.6 is 27.3 Å². The Morgan fingerprint density at radius 3 is 2.65 bits per heavy atom. The van der Waals surface area contributed by atoms with Gasteiger partial charge in [-0.05, 0) is 40.2 Å². The lowest BCUT2D eigenvalue weighted by Crippen LogP contribution is -1.84. The fourth-order valence-electron chi connectivity index (χ4n) is 1.59. The largest absolute Gasteiger partial charge is 0.455 e. The zero-order valence-corrected chi connectivity index (χ0v) is 11.2. The molecule has 0 saturated heterocycles. The highest BCUT2D eigenvalue weighted by Crippen LogP contribution is 2.34. The van der Waals surface area contributed by atoms with E-state index in [-0.39, 0.29) is 0 Å². The Balaban J connectivity index is 2.06. The second kappa shape index (κ2) is 4.47. The van der Waals surface area contributed by atoms with Gasteiger partial charge in [-0.15, -0.1) is 11.3 Å². The van der Waals surface area contributed by atoms with E-state index >= 15 is 0 Å². The average Bonchev–Trinajstić information content (AvgIpc) is 2.72. The van der Waals surface area contributed by atoms with Gasteiger partial charge in [-0.2, -0.15) is 0 Å². The second-order valence-electron chi connectivity index (χ2n) is 3.48. The van der Waals surface area contributed by atoms with E-state index in [0.717, 1.165) is 25.6 Å². The number of hydrogen-bond donors (Lipinski definition) is 0. The lowest BCUT2D eigenvalue weighted by atomic mass is 10.3. The molecule has 0 fully saturated rings. The molecular formula is C13H8BrNOS. The molecule has 0 atom stereocenters. The van der Waals surface area contributed by atoms with Gasteiger partial charge in [-0.25, -0.2) is 4.98 Å². The van der Waals surface area contributed by atoms with Crippen molar-refractivity contribution < 1.29 is 4.74 Å². The predicted octanol–water partition coefficient (Wildman–Crippen LogP) is 4.85. The Bertz CT molecular complexity index is 651. The molecule has 0 radical (unpaired) electrons. The minimum atomic E-state index is 0.788. The van der Waals surface area contributed by atoms with Gasteiger partial charge in [0.15, 0.2) is 9.67 Å². The van der Waals surface area contributed by atoms with Gasteiger partial charge in [0.2, 0.25) is 0 Å². The van der Waals surface area contributed by atoms with Crippen LogP contribution in [-0.4, -0.2) is 4.98 Å². The standard InChI is InChI=1S/C13H8BrNOS/c14-13-15-12-10(7-4-8-11(12)17-13)16-9-5-2-1-3-6-9/h1-8H. The Kier molecular flexibility index (Phi) is 2.82. The van der Waals surface area contributed by atoms with Gasteiger partial charge >= 0.3 is 0 Å². The van der Waals surface area contributed by atoms with E-state index < -0.39 is 0 Å². The smallest absolute Gasteiger partial charge is 0.160 e. The van der Waals surface area contributed by atoms with Gasteiger partial charge < -0.3 is 4.74 Å². The summed E-state index contributed by atoms with van der Waals surface area (Å²) in [6, 6.07) is 15.7. The highest BCUT2D eigenvalue weighted by Gasteiger charge is 2.07. The molecule has 0 saturated carbocycles. The molecular weight excluding hydrogens is 298 g/mol. The molecule has 4 heteroatoms. The first-order valence-electron chi connectivity index (χ1n) is 5.11. The summed E-state index contributed by atoms with van der Waals surface area (Å²) in [5.74, 6) is 1.61. The van der Waals surface area contributed by atoms with Crippen LogP contribution in [-0.2, 0) is 0 Å². The Morgan fingerprint density at radius 1 is 1.00 bits per heavy atom. The molecule has 0 N–H and O–H groups in total. The zero-order chi connectivity index (χ0) is 11.7. The van der Waals surface area contributed by atoms with Gasteiger partial charge in [0.05, 0.1) is 4.70 Å². The van der Waals surface area contributed by atoms with Crippen molar-refractivity contribution in [3.63, 3.8) is 0 Å². The molecule has 17 heavy (non-hydrogen) atoms. The molecule has 0 aliphatic rings. The number of ether oxygens (including phenoxy) is 1. The van der Waals surface area contributed by atoms with Crippen LogP contribution in [0.1, 0.15) is 0 Å². The van der Waals surface area contributed by atoms with Crippen molar-refractivity contribution in [2.24, 2.45) is 0 Å². The van der Waals surface area contributed by atoms with Crippen molar-refractivity contribution in [1.82, 2.24) is 4.98 Å². The number of rotatable bonds is 2. The fraction of sp³-hybridized carbons (Fsp3) is 0.